The number of carboxylic acids is 3. The van der Waals surface area contributed by atoms with Gasteiger partial charge in [0.1, 0.15) is 36.6 Å². The highest BCUT2D eigenvalue weighted by atomic mass is 32.2. The van der Waals surface area contributed by atoms with E-state index in [4.69, 9.17) is 9.47 Å². The minimum Gasteiger partial charge on any atom is -0.480 e. The molecule has 61 heavy (non-hydrogen) atoms. The minimum absolute atomic E-state index is 0.00612. The molecule has 27 heteroatoms. The highest BCUT2D eigenvalue weighted by molar-refractivity contribution is 8.02. The first-order chi connectivity index (χ1) is 28.5. The van der Waals surface area contributed by atoms with E-state index in [0.717, 1.165) is 13.8 Å². The molecule has 0 bridgehead atoms. The number of thioether (sulfide) groups is 2. The molecular formula is C34H57N5O20S2. The summed E-state index contributed by atoms with van der Waals surface area (Å²) < 4.78 is 11.3. The molecule has 2 heterocycles. The fourth-order valence-electron chi connectivity index (χ4n) is 6.54. The Morgan fingerprint density at radius 2 is 1.03 bits per heavy atom. The molecule has 25 nitrogen and oxygen atoms in total. The van der Waals surface area contributed by atoms with Crippen molar-refractivity contribution < 1.29 is 99.2 Å². The van der Waals surface area contributed by atoms with Crippen LogP contribution in [0, 0.1) is 0 Å². The average molecular weight is 920 g/mol. The number of rotatable bonds is 26. The monoisotopic (exact) mass is 919 g/mol. The maximum Gasteiger partial charge on any atom is 0.346 e. The van der Waals surface area contributed by atoms with Gasteiger partial charge in [0.15, 0.2) is 0 Å². The maximum absolute atomic E-state index is 12.7. The minimum atomic E-state index is -2.32. The van der Waals surface area contributed by atoms with Crippen LogP contribution in [0.4, 0.5) is 0 Å². The molecule has 0 saturated carbocycles. The predicted octanol–water partition coefficient (Wildman–Crippen LogP) is -6.85. The molecule has 0 aliphatic carbocycles. The Balaban J connectivity index is 1.91. The standard InChI is InChI=1S/C34H57N5O20S2/c1-16(42)37-25-18(44)9-33(31(54)55,58-29(25)27(52)20(46)12-40)60-14-22(48)35-5-3-7-39(11-24(50)51)8-4-6-36-23(49)15-61-34(32(56)57)10-19(45)26(38-17(2)43)30(59-34)28(53)21(47)13-41/h18-21,25-30,40-41,44-47,52-53H,3-15H2,1-2H3,(H,35,48)(H,36,49)(H,37,42)(H,38,43)(H,50,51)(H,54,55)(H,56,57)/t18-,19-,20+,21+,25+,26+,27+,28+,29+,30+,33-,34-/m0/s1. The Labute approximate surface area is 357 Å². The van der Waals surface area contributed by atoms with Crippen LogP contribution in [-0.4, -0.2) is 231 Å². The number of aliphatic carboxylic acids is 3. The molecule has 2 fully saturated rings. The summed E-state index contributed by atoms with van der Waals surface area (Å²) in [7, 11) is 0. The Morgan fingerprint density at radius 3 is 1.33 bits per heavy atom. The Morgan fingerprint density at radius 1 is 0.672 bits per heavy atom. The zero-order valence-electron chi connectivity index (χ0n) is 33.3. The van der Waals surface area contributed by atoms with Gasteiger partial charge in [-0.3, -0.25) is 28.9 Å². The molecule has 0 radical (unpaired) electrons. The van der Waals surface area contributed by atoms with Crippen LogP contribution < -0.4 is 21.3 Å². The van der Waals surface area contributed by atoms with Crippen LogP contribution in [0.3, 0.4) is 0 Å². The Kier molecular flexibility index (Phi) is 22.0. The number of nitrogens with one attached hydrogen (secondary N) is 4. The third-order valence-electron chi connectivity index (χ3n) is 9.55. The Hall–Kier alpha value is -3.45. The molecular weight excluding hydrogens is 863 g/mol. The summed E-state index contributed by atoms with van der Waals surface area (Å²) in [6.45, 7) is 0.164. The largest absolute Gasteiger partial charge is 0.480 e. The van der Waals surface area contributed by atoms with Gasteiger partial charge in [-0.25, -0.2) is 9.59 Å². The molecule has 15 N–H and O–H groups in total. The molecule has 0 aromatic carbocycles. The summed E-state index contributed by atoms with van der Waals surface area (Å²) >= 11 is 0.916. The fraction of sp³-hybridized carbons (Fsp3) is 0.794. The van der Waals surface area contributed by atoms with Crippen LogP contribution >= 0.6 is 23.5 Å². The van der Waals surface area contributed by atoms with Gasteiger partial charge in [-0.2, -0.15) is 0 Å². The van der Waals surface area contributed by atoms with Crippen LogP contribution in [0.25, 0.3) is 0 Å². The number of hydrogen-bond acceptors (Lipinski definition) is 20. The topological polar surface area (TPSA) is 412 Å². The lowest BCUT2D eigenvalue weighted by molar-refractivity contribution is -0.205. The van der Waals surface area contributed by atoms with Crippen molar-refractivity contribution in [3.63, 3.8) is 0 Å². The predicted molar refractivity (Wildman–Crippen MR) is 209 cm³/mol. The lowest BCUT2D eigenvalue weighted by Gasteiger charge is -2.46. The molecule has 4 amide bonds. The van der Waals surface area contributed by atoms with Crippen LogP contribution in [-0.2, 0) is 43.0 Å². The van der Waals surface area contributed by atoms with E-state index >= 15 is 0 Å². The van der Waals surface area contributed by atoms with Gasteiger partial charge in [-0.1, -0.05) is 0 Å². The third-order valence-corrected chi connectivity index (χ3v) is 12.2. The molecule has 2 aliphatic heterocycles. The molecule has 0 spiro atoms. The SMILES string of the molecule is CC(=O)N[C@H]1[C@H]([C@H](O)[C@H](O)CO)O[C@@](SCC(=O)NCCCN(CCCNC(=O)CS[C@]2(C(=O)O)C[C@H](O)[C@@H](NC(C)=O)[C@H]([C@H](O)[C@H](O)CO)O2)CC(=O)O)(C(=O)O)C[C@@H]1O. The van der Waals surface area contributed by atoms with Crippen molar-refractivity contribution in [2.75, 3.05) is 57.4 Å². The van der Waals surface area contributed by atoms with E-state index < -0.39 is 156 Å². The second-order valence-electron chi connectivity index (χ2n) is 14.4. The van der Waals surface area contributed by atoms with E-state index in [2.05, 4.69) is 21.3 Å². The Bertz CT molecular complexity index is 1420. The van der Waals surface area contributed by atoms with Crippen molar-refractivity contribution >= 4 is 65.1 Å². The van der Waals surface area contributed by atoms with Crippen molar-refractivity contribution in [1.82, 2.24) is 26.2 Å². The number of aliphatic hydroxyl groups is 8. The first-order valence-corrected chi connectivity index (χ1v) is 20.9. The van der Waals surface area contributed by atoms with Crippen LogP contribution in [0.15, 0.2) is 0 Å². The summed E-state index contributed by atoms with van der Waals surface area (Å²) in [5, 5.41) is 120. The van der Waals surface area contributed by atoms with E-state index in [-0.39, 0.29) is 39.0 Å². The van der Waals surface area contributed by atoms with Gasteiger partial charge < -0.3 is 86.9 Å². The fourth-order valence-corrected chi connectivity index (χ4v) is 8.66. The number of amides is 4. The number of carboxylic acid groups (broad SMARTS) is 3. The number of aliphatic hydroxyl groups excluding tert-OH is 8. The molecule has 2 rings (SSSR count). The second-order valence-corrected chi connectivity index (χ2v) is 16.9. The van der Waals surface area contributed by atoms with E-state index in [0.29, 0.717) is 23.5 Å². The molecule has 2 aliphatic rings. The first-order valence-electron chi connectivity index (χ1n) is 18.9. The molecule has 0 aromatic rings. The van der Waals surface area contributed by atoms with E-state index in [1.54, 1.807) is 0 Å². The maximum atomic E-state index is 12.7. The number of ether oxygens (including phenoxy) is 2. The number of nitrogens with zero attached hydrogens (tertiary/aromatic N) is 1. The van der Waals surface area contributed by atoms with Crippen molar-refractivity contribution in [1.29, 1.82) is 0 Å². The van der Waals surface area contributed by atoms with Crippen molar-refractivity contribution in [2.24, 2.45) is 0 Å². The lowest BCUT2D eigenvalue weighted by atomic mass is 9.90. The molecule has 12 atom stereocenters. The summed E-state index contributed by atoms with van der Waals surface area (Å²) in [4.78, 5) is 81.9. The average Bonchev–Trinajstić information content (AvgIpc) is 3.19. The molecule has 0 aromatic heterocycles. The third kappa shape index (κ3) is 16.0. The van der Waals surface area contributed by atoms with Crippen LogP contribution in [0.2, 0.25) is 0 Å². The smallest absolute Gasteiger partial charge is 0.346 e. The van der Waals surface area contributed by atoms with Crippen molar-refractivity contribution in [3.05, 3.63) is 0 Å². The highest BCUT2D eigenvalue weighted by Gasteiger charge is 2.56. The van der Waals surface area contributed by atoms with Gasteiger partial charge in [0.05, 0.1) is 55.6 Å². The number of carbonyl (C=O) groups excluding carboxylic acids is 4. The van der Waals surface area contributed by atoms with Crippen molar-refractivity contribution in [2.45, 2.75) is 110 Å². The van der Waals surface area contributed by atoms with Gasteiger partial charge in [0.2, 0.25) is 33.5 Å². The molecule has 2 saturated heterocycles. The number of hydrogen-bond donors (Lipinski definition) is 15. The summed E-state index contributed by atoms with van der Waals surface area (Å²) in [6, 6.07) is -2.75. The van der Waals surface area contributed by atoms with Gasteiger partial charge in [0.25, 0.3) is 0 Å². The summed E-state index contributed by atoms with van der Waals surface area (Å²) in [5.74, 6) is -8.18. The lowest BCUT2D eigenvalue weighted by Crippen LogP contribution is -2.66. The summed E-state index contributed by atoms with van der Waals surface area (Å²) in [6.07, 6.45) is -15.1. The first kappa shape index (κ1) is 53.7. The van der Waals surface area contributed by atoms with E-state index in [1.807, 2.05) is 0 Å². The highest BCUT2D eigenvalue weighted by Crippen LogP contribution is 2.41. The van der Waals surface area contributed by atoms with E-state index in [9.17, 15) is 89.7 Å². The van der Waals surface area contributed by atoms with Gasteiger partial charge in [-0.05, 0) is 12.8 Å². The zero-order chi connectivity index (χ0) is 46.2. The normalized spacial score (nSPS) is 28.4. The second kappa shape index (κ2) is 25.0. The van der Waals surface area contributed by atoms with Gasteiger partial charge in [0, 0.05) is 52.9 Å². The molecule has 0 unspecified atom stereocenters. The zero-order valence-corrected chi connectivity index (χ0v) is 35.0. The summed E-state index contributed by atoms with van der Waals surface area (Å²) in [5.41, 5.74) is 0. The van der Waals surface area contributed by atoms with Crippen molar-refractivity contribution in [3.8, 4) is 0 Å². The van der Waals surface area contributed by atoms with Crippen LogP contribution in [0.1, 0.15) is 39.5 Å². The van der Waals surface area contributed by atoms with E-state index in [1.165, 1.54) is 4.90 Å². The van der Waals surface area contributed by atoms with Gasteiger partial charge >= 0.3 is 17.9 Å². The van der Waals surface area contributed by atoms with Crippen LogP contribution in [0.5, 0.6) is 0 Å². The molecule has 350 valence electrons. The number of carbonyl (C=O) groups is 7. The quantitative estimate of drug-likeness (QED) is 0.0359. The van der Waals surface area contributed by atoms with Gasteiger partial charge in [-0.15, -0.1) is 23.5 Å².